The summed E-state index contributed by atoms with van der Waals surface area (Å²) in [7, 11) is 0. The lowest BCUT2D eigenvalue weighted by molar-refractivity contribution is -0.161. The minimum atomic E-state index is -0.763. The Morgan fingerprint density at radius 3 is 2.00 bits per heavy atom. The van der Waals surface area contributed by atoms with E-state index in [9.17, 15) is 14.7 Å². The molecule has 0 aromatic carbocycles. The molecule has 0 fully saturated rings. The monoisotopic (exact) mass is 412 g/mol. The largest absolute Gasteiger partial charge is 0.462 e. The fourth-order valence-corrected chi connectivity index (χ4v) is 3.02. The van der Waals surface area contributed by atoms with E-state index in [2.05, 4.69) is 26.0 Å². The zero-order chi connectivity index (χ0) is 21.6. The maximum Gasteiger partial charge on any atom is 0.306 e. The van der Waals surface area contributed by atoms with E-state index >= 15 is 0 Å². The van der Waals surface area contributed by atoms with Crippen LogP contribution in [0.1, 0.15) is 110 Å². The molecule has 0 saturated heterocycles. The normalized spacial score (nSPS) is 12.2. The van der Waals surface area contributed by atoms with E-state index in [4.69, 9.17) is 9.47 Å². The van der Waals surface area contributed by atoms with Crippen LogP contribution in [0.5, 0.6) is 0 Å². The van der Waals surface area contributed by atoms with Gasteiger partial charge in [-0.15, -0.1) is 0 Å². The number of ether oxygens (including phenoxy) is 2. The number of unbranched alkanes of at least 4 members (excludes halogenated alkanes) is 10. The molecule has 0 amide bonds. The van der Waals surface area contributed by atoms with E-state index in [1.807, 2.05) is 0 Å². The van der Waals surface area contributed by atoms with E-state index < -0.39 is 6.10 Å². The SMILES string of the molecule is CC/C=C/CCCCCCCC(=O)O[C@@H](CO)COC(=O)CCCCCCCC. The molecule has 5 heteroatoms. The van der Waals surface area contributed by atoms with Gasteiger partial charge in [-0.25, -0.2) is 0 Å². The minimum Gasteiger partial charge on any atom is -0.462 e. The van der Waals surface area contributed by atoms with Crippen LogP contribution in [-0.4, -0.2) is 36.4 Å². The molecule has 0 aliphatic rings. The topological polar surface area (TPSA) is 72.8 Å². The molecule has 0 spiro atoms. The van der Waals surface area contributed by atoms with Crippen LogP contribution in [0.25, 0.3) is 0 Å². The molecule has 0 heterocycles. The number of carbonyl (C=O) groups is 2. The predicted octanol–water partition coefficient (Wildman–Crippen LogP) is 5.88. The van der Waals surface area contributed by atoms with Gasteiger partial charge in [0.15, 0.2) is 6.10 Å². The Bertz CT molecular complexity index is 419. The highest BCUT2D eigenvalue weighted by Gasteiger charge is 2.15. The molecule has 0 unspecified atom stereocenters. The van der Waals surface area contributed by atoms with Crippen molar-refractivity contribution in [1.29, 1.82) is 0 Å². The molecule has 0 aromatic rings. The maximum absolute atomic E-state index is 11.9. The number of hydrogen-bond acceptors (Lipinski definition) is 5. The number of hydrogen-bond donors (Lipinski definition) is 1. The summed E-state index contributed by atoms with van der Waals surface area (Å²) in [6.07, 6.45) is 18.6. The molecular weight excluding hydrogens is 368 g/mol. The first kappa shape index (κ1) is 27.6. The van der Waals surface area contributed by atoms with E-state index in [1.54, 1.807) is 0 Å². The molecule has 0 radical (unpaired) electrons. The van der Waals surface area contributed by atoms with Gasteiger partial charge >= 0.3 is 11.9 Å². The van der Waals surface area contributed by atoms with Gasteiger partial charge < -0.3 is 14.6 Å². The van der Waals surface area contributed by atoms with Crippen LogP contribution in [0, 0.1) is 0 Å². The van der Waals surface area contributed by atoms with Crippen molar-refractivity contribution in [1.82, 2.24) is 0 Å². The third-order valence-electron chi connectivity index (χ3n) is 4.82. The second-order valence-corrected chi connectivity index (χ2v) is 7.68. The highest BCUT2D eigenvalue weighted by atomic mass is 16.6. The average molecular weight is 413 g/mol. The van der Waals surface area contributed by atoms with Gasteiger partial charge in [0.1, 0.15) is 6.61 Å². The van der Waals surface area contributed by atoms with Gasteiger partial charge in [-0.2, -0.15) is 0 Å². The Labute approximate surface area is 178 Å². The lowest BCUT2D eigenvalue weighted by Gasteiger charge is -2.15. The first-order chi connectivity index (χ1) is 14.1. The number of esters is 2. The van der Waals surface area contributed by atoms with Gasteiger partial charge in [0, 0.05) is 12.8 Å². The zero-order valence-electron chi connectivity index (χ0n) is 18.8. The summed E-state index contributed by atoms with van der Waals surface area (Å²) in [4.78, 5) is 23.6. The standard InChI is InChI=1S/C24H44O5/c1-3-5-7-9-11-12-13-15-17-19-24(27)29-22(20-25)21-28-23(26)18-16-14-10-8-6-4-2/h5,7,22,25H,3-4,6,8-21H2,1-2H3/b7-5+/t22-/m0/s1. The first-order valence-electron chi connectivity index (χ1n) is 11.7. The highest BCUT2D eigenvalue weighted by Crippen LogP contribution is 2.10. The van der Waals surface area contributed by atoms with E-state index in [1.165, 1.54) is 32.1 Å². The van der Waals surface area contributed by atoms with E-state index in [0.29, 0.717) is 12.8 Å². The Hall–Kier alpha value is -1.36. The zero-order valence-corrected chi connectivity index (χ0v) is 18.8. The molecule has 0 aromatic heterocycles. The van der Waals surface area contributed by atoms with Crippen LogP contribution in [-0.2, 0) is 19.1 Å². The number of rotatable bonds is 20. The Balaban J connectivity index is 3.68. The van der Waals surface area contributed by atoms with Crippen molar-refractivity contribution < 1.29 is 24.2 Å². The van der Waals surface area contributed by atoms with Crippen LogP contribution in [0.15, 0.2) is 12.2 Å². The number of allylic oxidation sites excluding steroid dienone is 2. The third kappa shape index (κ3) is 19.7. The molecule has 0 rings (SSSR count). The minimum absolute atomic E-state index is 0.0673. The first-order valence-corrected chi connectivity index (χ1v) is 11.7. The van der Waals surface area contributed by atoms with Crippen molar-refractivity contribution in [3.05, 3.63) is 12.2 Å². The summed E-state index contributed by atoms with van der Waals surface area (Å²) in [6.45, 7) is 3.91. The van der Waals surface area contributed by atoms with Gasteiger partial charge in [-0.05, 0) is 32.1 Å². The molecule has 5 nitrogen and oxygen atoms in total. The van der Waals surface area contributed by atoms with Crippen LogP contribution < -0.4 is 0 Å². The fourth-order valence-electron chi connectivity index (χ4n) is 3.02. The molecule has 1 N–H and O–H groups in total. The number of aliphatic hydroxyl groups excluding tert-OH is 1. The fraction of sp³-hybridized carbons (Fsp3) is 0.833. The summed E-state index contributed by atoms with van der Waals surface area (Å²) in [5.74, 6) is -0.620. The average Bonchev–Trinajstić information content (AvgIpc) is 2.72. The van der Waals surface area contributed by atoms with Crippen LogP contribution in [0.2, 0.25) is 0 Å². The molecule has 0 bridgehead atoms. The molecule has 0 saturated carbocycles. The highest BCUT2D eigenvalue weighted by molar-refractivity contribution is 5.70. The number of carbonyl (C=O) groups excluding carboxylic acids is 2. The van der Waals surface area contributed by atoms with Gasteiger partial charge in [0.25, 0.3) is 0 Å². The summed E-state index contributed by atoms with van der Waals surface area (Å²) >= 11 is 0. The smallest absolute Gasteiger partial charge is 0.306 e. The molecule has 0 aliphatic carbocycles. The van der Waals surface area contributed by atoms with Crippen LogP contribution in [0.4, 0.5) is 0 Å². The van der Waals surface area contributed by atoms with Gasteiger partial charge in [0.2, 0.25) is 0 Å². The van der Waals surface area contributed by atoms with Gasteiger partial charge in [-0.1, -0.05) is 77.4 Å². The van der Waals surface area contributed by atoms with Crippen molar-refractivity contribution in [2.45, 2.75) is 116 Å². The second kappa shape index (κ2) is 21.4. The molecule has 1 atom stereocenters. The van der Waals surface area contributed by atoms with E-state index in [0.717, 1.165) is 51.4 Å². The number of aliphatic hydroxyl groups is 1. The van der Waals surface area contributed by atoms with Gasteiger partial charge in [0.05, 0.1) is 6.61 Å². The van der Waals surface area contributed by atoms with Crippen molar-refractivity contribution in [2.75, 3.05) is 13.2 Å². The summed E-state index contributed by atoms with van der Waals surface area (Å²) in [5.41, 5.74) is 0. The Kier molecular flexibility index (Phi) is 20.3. The van der Waals surface area contributed by atoms with Crippen LogP contribution >= 0.6 is 0 Å². The Morgan fingerprint density at radius 2 is 1.38 bits per heavy atom. The van der Waals surface area contributed by atoms with Crippen molar-refractivity contribution >= 4 is 11.9 Å². The van der Waals surface area contributed by atoms with Gasteiger partial charge in [-0.3, -0.25) is 9.59 Å². The molecular formula is C24H44O5. The summed E-state index contributed by atoms with van der Waals surface area (Å²) in [6, 6.07) is 0. The summed E-state index contributed by atoms with van der Waals surface area (Å²) in [5, 5.41) is 9.34. The second-order valence-electron chi connectivity index (χ2n) is 7.68. The third-order valence-corrected chi connectivity index (χ3v) is 4.82. The predicted molar refractivity (Wildman–Crippen MR) is 118 cm³/mol. The summed E-state index contributed by atoms with van der Waals surface area (Å²) < 4.78 is 10.4. The Morgan fingerprint density at radius 1 is 0.793 bits per heavy atom. The lowest BCUT2D eigenvalue weighted by atomic mass is 10.1. The molecule has 0 aliphatic heterocycles. The van der Waals surface area contributed by atoms with E-state index in [-0.39, 0.29) is 25.2 Å². The maximum atomic E-state index is 11.9. The van der Waals surface area contributed by atoms with Crippen molar-refractivity contribution in [3.63, 3.8) is 0 Å². The quantitative estimate of drug-likeness (QED) is 0.153. The molecule has 29 heavy (non-hydrogen) atoms. The van der Waals surface area contributed by atoms with Crippen molar-refractivity contribution in [3.8, 4) is 0 Å². The molecule has 170 valence electrons. The van der Waals surface area contributed by atoms with Crippen molar-refractivity contribution in [2.24, 2.45) is 0 Å². The van der Waals surface area contributed by atoms with Crippen LogP contribution in [0.3, 0.4) is 0 Å². The lowest BCUT2D eigenvalue weighted by Crippen LogP contribution is -2.28.